The first-order valence-electron chi connectivity index (χ1n) is 11.4. The molecule has 2 aromatic heterocycles. The lowest BCUT2D eigenvalue weighted by Crippen LogP contribution is -2.47. The third-order valence-electron chi connectivity index (χ3n) is 5.89. The maximum atomic E-state index is 5.31. The lowest BCUT2D eigenvalue weighted by atomic mass is 10.1. The van der Waals surface area contributed by atoms with Crippen LogP contribution in [0.2, 0.25) is 0 Å². The summed E-state index contributed by atoms with van der Waals surface area (Å²) >= 11 is 0. The standard InChI is InChI=1S/C26H27N7O/c1-34-23-9-5-8-21(15-23)16-24-29-19-30-26(31-24)33-12-10-32(11-13-33)25-27-17-22(18-28-25)14-20-6-3-2-4-7-20/h2-9,15,17-19H,10-14,16H2,1H3. The zero-order valence-electron chi connectivity index (χ0n) is 19.2. The summed E-state index contributed by atoms with van der Waals surface area (Å²) in [5.74, 6) is 3.06. The van der Waals surface area contributed by atoms with Crippen LogP contribution in [0.25, 0.3) is 0 Å². The molecule has 0 bridgehead atoms. The molecular weight excluding hydrogens is 426 g/mol. The molecule has 5 rings (SSSR count). The van der Waals surface area contributed by atoms with Crippen LogP contribution in [0.4, 0.5) is 11.9 Å². The van der Waals surface area contributed by atoms with Crippen molar-refractivity contribution >= 4 is 11.9 Å². The Morgan fingerprint density at radius 2 is 1.41 bits per heavy atom. The quantitative estimate of drug-likeness (QED) is 0.422. The van der Waals surface area contributed by atoms with Crippen LogP contribution in [0.1, 0.15) is 22.5 Å². The minimum atomic E-state index is 0.635. The first-order chi connectivity index (χ1) is 16.8. The van der Waals surface area contributed by atoms with Gasteiger partial charge >= 0.3 is 0 Å². The van der Waals surface area contributed by atoms with E-state index in [-0.39, 0.29) is 0 Å². The summed E-state index contributed by atoms with van der Waals surface area (Å²) in [5.41, 5.74) is 3.48. The van der Waals surface area contributed by atoms with Crippen LogP contribution in [0.5, 0.6) is 5.75 Å². The Bertz CT molecular complexity index is 1210. The minimum Gasteiger partial charge on any atom is -0.497 e. The summed E-state index contributed by atoms with van der Waals surface area (Å²) in [7, 11) is 1.67. The molecule has 2 aromatic carbocycles. The zero-order valence-corrected chi connectivity index (χ0v) is 19.2. The van der Waals surface area contributed by atoms with Crippen molar-refractivity contribution in [1.29, 1.82) is 0 Å². The van der Waals surface area contributed by atoms with E-state index in [2.05, 4.69) is 60.1 Å². The monoisotopic (exact) mass is 453 g/mol. The van der Waals surface area contributed by atoms with Gasteiger partial charge in [0.2, 0.25) is 11.9 Å². The molecule has 172 valence electrons. The highest BCUT2D eigenvalue weighted by Crippen LogP contribution is 2.18. The Morgan fingerprint density at radius 1 is 0.706 bits per heavy atom. The van der Waals surface area contributed by atoms with Gasteiger partial charge in [-0.15, -0.1) is 0 Å². The van der Waals surface area contributed by atoms with Crippen LogP contribution in [0, 0.1) is 0 Å². The molecule has 0 aliphatic carbocycles. The Kier molecular flexibility index (Phi) is 6.56. The molecule has 8 heteroatoms. The van der Waals surface area contributed by atoms with Gasteiger partial charge in [0.25, 0.3) is 0 Å². The maximum Gasteiger partial charge on any atom is 0.228 e. The first-order valence-corrected chi connectivity index (χ1v) is 11.4. The number of piperazine rings is 1. The smallest absolute Gasteiger partial charge is 0.228 e. The van der Waals surface area contributed by atoms with E-state index in [9.17, 15) is 0 Å². The van der Waals surface area contributed by atoms with Gasteiger partial charge in [-0.2, -0.15) is 4.98 Å². The molecule has 0 saturated carbocycles. The number of aromatic nitrogens is 5. The van der Waals surface area contributed by atoms with E-state index in [0.717, 1.165) is 61.2 Å². The van der Waals surface area contributed by atoms with Gasteiger partial charge in [-0.3, -0.25) is 0 Å². The molecule has 0 radical (unpaired) electrons. The molecular formula is C26H27N7O. The lowest BCUT2D eigenvalue weighted by molar-refractivity contribution is 0.414. The van der Waals surface area contributed by atoms with Gasteiger partial charge in [-0.25, -0.2) is 19.9 Å². The number of ether oxygens (including phenoxy) is 1. The SMILES string of the molecule is COc1cccc(Cc2ncnc(N3CCN(c4ncc(Cc5ccccc5)cn4)CC3)n2)c1. The third-order valence-corrected chi connectivity index (χ3v) is 5.89. The highest BCUT2D eigenvalue weighted by atomic mass is 16.5. The normalized spacial score (nSPS) is 13.7. The highest BCUT2D eigenvalue weighted by Gasteiger charge is 2.21. The topological polar surface area (TPSA) is 80.2 Å². The van der Waals surface area contributed by atoms with E-state index < -0.39 is 0 Å². The van der Waals surface area contributed by atoms with Gasteiger partial charge in [-0.05, 0) is 28.8 Å². The van der Waals surface area contributed by atoms with Crippen LogP contribution in [-0.2, 0) is 12.8 Å². The fourth-order valence-electron chi connectivity index (χ4n) is 4.06. The molecule has 0 atom stereocenters. The maximum absolute atomic E-state index is 5.31. The van der Waals surface area contributed by atoms with E-state index >= 15 is 0 Å². The number of anilines is 2. The molecule has 1 aliphatic heterocycles. The van der Waals surface area contributed by atoms with E-state index in [4.69, 9.17) is 9.72 Å². The summed E-state index contributed by atoms with van der Waals surface area (Å²) < 4.78 is 5.31. The van der Waals surface area contributed by atoms with E-state index in [1.165, 1.54) is 5.56 Å². The fraction of sp³-hybridized carbons (Fsp3) is 0.269. The molecule has 0 spiro atoms. The van der Waals surface area contributed by atoms with Gasteiger partial charge in [0, 0.05) is 51.4 Å². The van der Waals surface area contributed by atoms with Crippen LogP contribution in [0.15, 0.2) is 73.3 Å². The second kappa shape index (κ2) is 10.2. The predicted molar refractivity (Wildman–Crippen MR) is 131 cm³/mol. The molecule has 3 heterocycles. The lowest BCUT2D eigenvalue weighted by Gasteiger charge is -2.34. The van der Waals surface area contributed by atoms with Crippen molar-refractivity contribution in [3.8, 4) is 5.75 Å². The largest absolute Gasteiger partial charge is 0.497 e. The molecule has 34 heavy (non-hydrogen) atoms. The summed E-state index contributed by atoms with van der Waals surface area (Å²) in [4.78, 5) is 27.1. The van der Waals surface area contributed by atoms with Crippen LogP contribution in [-0.4, -0.2) is 58.2 Å². The summed E-state index contributed by atoms with van der Waals surface area (Å²) in [6, 6.07) is 18.3. The van der Waals surface area contributed by atoms with Crippen molar-refractivity contribution < 1.29 is 4.74 Å². The van der Waals surface area contributed by atoms with Gasteiger partial charge < -0.3 is 14.5 Å². The molecule has 8 nitrogen and oxygen atoms in total. The Labute approximate surface area is 199 Å². The number of rotatable bonds is 7. The van der Waals surface area contributed by atoms with Crippen molar-refractivity contribution in [3.63, 3.8) is 0 Å². The summed E-state index contributed by atoms with van der Waals surface area (Å²) in [6.07, 6.45) is 6.93. The first kappa shape index (κ1) is 21.8. The van der Waals surface area contributed by atoms with Crippen molar-refractivity contribution in [2.45, 2.75) is 12.8 Å². The van der Waals surface area contributed by atoms with Crippen molar-refractivity contribution in [3.05, 3.63) is 95.8 Å². The van der Waals surface area contributed by atoms with Gasteiger partial charge in [0.1, 0.15) is 17.9 Å². The third kappa shape index (κ3) is 5.28. The van der Waals surface area contributed by atoms with Crippen LogP contribution in [0.3, 0.4) is 0 Å². The van der Waals surface area contributed by atoms with E-state index in [1.54, 1.807) is 13.4 Å². The Morgan fingerprint density at radius 3 is 2.15 bits per heavy atom. The molecule has 1 aliphatic rings. The molecule has 0 amide bonds. The second-order valence-corrected chi connectivity index (χ2v) is 8.26. The Balaban J connectivity index is 1.18. The molecule has 0 N–H and O–H groups in total. The number of methoxy groups -OCH3 is 1. The number of benzene rings is 2. The number of hydrogen-bond acceptors (Lipinski definition) is 8. The molecule has 0 unspecified atom stereocenters. The molecule has 1 saturated heterocycles. The Hall–Kier alpha value is -4.07. The highest BCUT2D eigenvalue weighted by molar-refractivity contribution is 5.38. The van der Waals surface area contributed by atoms with Crippen LogP contribution < -0.4 is 14.5 Å². The second-order valence-electron chi connectivity index (χ2n) is 8.26. The minimum absolute atomic E-state index is 0.635. The van der Waals surface area contributed by atoms with E-state index in [0.29, 0.717) is 12.4 Å². The summed E-state index contributed by atoms with van der Waals surface area (Å²) in [5, 5.41) is 0. The average molecular weight is 454 g/mol. The van der Waals surface area contributed by atoms with Crippen molar-refractivity contribution in [1.82, 2.24) is 24.9 Å². The number of hydrogen-bond donors (Lipinski definition) is 0. The molecule has 4 aromatic rings. The van der Waals surface area contributed by atoms with Crippen LogP contribution >= 0.6 is 0 Å². The predicted octanol–water partition coefficient (Wildman–Crippen LogP) is 3.18. The fourth-order valence-corrected chi connectivity index (χ4v) is 4.06. The van der Waals surface area contributed by atoms with Gasteiger partial charge in [0.15, 0.2) is 0 Å². The van der Waals surface area contributed by atoms with Crippen molar-refractivity contribution in [2.75, 3.05) is 43.1 Å². The average Bonchev–Trinajstić information content (AvgIpc) is 2.90. The molecule has 1 fully saturated rings. The van der Waals surface area contributed by atoms with Gasteiger partial charge in [-0.1, -0.05) is 42.5 Å². The van der Waals surface area contributed by atoms with Crippen molar-refractivity contribution in [2.24, 2.45) is 0 Å². The number of nitrogens with zero attached hydrogens (tertiary/aromatic N) is 7. The zero-order chi connectivity index (χ0) is 23.2. The van der Waals surface area contributed by atoms with Gasteiger partial charge in [0.05, 0.1) is 7.11 Å². The van der Waals surface area contributed by atoms with E-state index in [1.807, 2.05) is 36.7 Å². The summed E-state index contributed by atoms with van der Waals surface area (Å²) in [6.45, 7) is 3.24.